The highest BCUT2D eigenvalue weighted by Crippen LogP contribution is 2.40. The van der Waals surface area contributed by atoms with Crippen molar-refractivity contribution in [2.75, 3.05) is 13.1 Å². The molecule has 4 fully saturated rings. The van der Waals surface area contributed by atoms with Crippen molar-refractivity contribution in [1.82, 2.24) is 4.90 Å². The molecule has 0 aromatic heterocycles. The van der Waals surface area contributed by atoms with E-state index in [1.54, 1.807) is 0 Å². The molecule has 2 heterocycles. The van der Waals surface area contributed by atoms with Crippen molar-refractivity contribution in [3.8, 4) is 0 Å². The lowest BCUT2D eigenvalue weighted by molar-refractivity contribution is -0.765. The standard InChI is InChI=1S/C20H37N3/c1-13-10-14(2)19-17(11-13)18(21)16-8-9-23(20(16)22-19)12-15-6-4-3-5-7-15/h13-20,22H,3-12,21H2,1-2H3/p+1. The van der Waals surface area contributed by atoms with Crippen LogP contribution in [0.3, 0.4) is 0 Å². The Morgan fingerprint density at radius 1 is 1.00 bits per heavy atom. The van der Waals surface area contributed by atoms with Crippen molar-refractivity contribution in [2.45, 2.75) is 83.5 Å². The van der Waals surface area contributed by atoms with Crippen molar-refractivity contribution in [3.05, 3.63) is 0 Å². The van der Waals surface area contributed by atoms with Gasteiger partial charge in [-0.25, -0.2) is 0 Å². The van der Waals surface area contributed by atoms with Crippen molar-refractivity contribution in [1.29, 1.82) is 0 Å². The van der Waals surface area contributed by atoms with Gasteiger partial charge in [-0.3, -0.25) is 4.90 Å². The topological polar surface area (TPSA) is 45.9 Å². The number of rotatable bonds is 2. The van der Waals surface area contributed by atoms with Gasteiger partial charge in [-0.1, -0.05) is 33.1 Å². The van der Waals surface area contributed by atoms with Crippen molar-refractivity contribution < 1.29 is 5.32 Å². The van der Waals surface area contributed by atoms with Gasteiger partial charge in [-0.15, -0.1) is 0 Å². The first-order valence-corrected chi connectivity index (χ1v) is 10.5. The molecule has 4 N–H and O–H groups in total. The molecule has 4 rings (SSSR count). The molecule has 2 aliphatic heterocycles. The Morgan fingerprint density at radius 2 is 1.78 bits per heavy atom. The van der Waals surface area contributed by atoms with Crippen LogP contribution in [0.1, 0.15) is 65.2 Å². The number of likely N-dealkylation sites (tertiary alicyclic amines) is 1. The average Bonchev–Trinajstić information content (AvgIpc) is 2.93. The Kier molecular flexibility index (Phi) is 4.73. The summed E-state index contributed by atoms with van der Waals surface area (Å²) in [4.78, 5) is 2.83. The summed E-state index contributed by atoms with van der Waals surface area (Å²) >= 11 is 0. The number of hydrogen-bond acceptors (Lipinski definition) is 2. The van der Waals surface area contributed by atoms with E-state index in [9.17, 15) is 0 Å². The van der Waals surface area contributed by atoms with E-state index in [4.69, 9.17) is 5.73 Å². The van der Waals surface area contributed by atoms with Gasteiger partial charge in [-0.05, 0) is 43.9 Å². The van der Waals surface area contributed by atoms with Crippen molar-refractivity contribution >= 4 is 0 Å². The van der Waals surface area contributed by atoms with Crippen LogP contribution in [0.2, 0.25) is 0 Å². The largest absolute Gasteiger partial charge is 0.328 e. The van der Waals surface area contributed by atoms with Gasteiger partial charge in [0.2, 0.25) is 0 Å². The lowest BCUT2D eigenvalue weighted by Crippen LogP contribution is -3.04. The summed E-state index contributed by atoms with van der Waals surface area (Å²) in [6.07, 6.45) is 12.2. The van der Waals surface area contributed by atoms with Crippen LogP contribution in [0.4, 0.5) is 0 Å². The van der Waals surface area contributed by atoms with E-state index in [-0.39, 0.29) is 0 Å². The minimum atomic E-state index is 0.455. The molecular formula is C20H38N3+. The average molecular weight is 321 g/mol. The van der Waals surface area contributed by atoms with Crippen LogP contribution in [0.15, 0.2) is 0 Å². The third kappa shape index (κ3) is 3.09. The highest BCUT2D eigenvalue weighted by Gasteiger charge is 2.53. The molecule has 2 aliphatic carbocycles. The van der Waals surface area contributed by atoms with Crippen LogP contribution in [-0.4, -0.2) is 36.2 Å². The maximum atomic E-state index is 6.85. The molecule has 0 bridgehead atoms. The van der Waals surface area contributed by atoms with Gasteiger partial charge in [-0.2, -0.15) is 0 Å². The zero-order chi connectivity index (χ0) is 16.0. The summed E-state index contributed by atoms with van der Waals surface area (Å²) in [7, 11) is 0. The van der Waals surface area contributed by atoms with E-state index >= 15 is 0 Å². The first-order chi connectivity index (χ1) is 11.1. The summed E-state index contributed by atoms with van der Waals surface area (Å²) in [5, 5.41) is 2.78. The zero-order valence-corrected chi connectivity index (χ0v) is 15.3. The van der Waals surface area contributed by atoms with E-state index < -0.39 is 0 Å². The minimum absolute atomic E-state index is 0.455. The van der Waals surface area contributed by atoms with Gasteiger partial charge in [0.05, 0.1) is 6.04 Å². The maximum Gasteiger partial charge on any atom is 0.146 e. The second-order valence-corrected chi connectivity index (χ2v) is 9.51. The van der Waals surface area contributed by atoms with Crippen LogP contribution >= 0.6 is 0 Å². The molecule has 7 unspecified atom stereocenters. The Hall–Kier alpha value is -0.120. The quantitative estimate of drug-likeness (QED) is 0.819. The van der Waals surface area contributed by atoms with Gasteiger partial charge in [0, 0.05) is 36.9 Å². The van der Waals surface area contributed by atoms with Crippen LogP contribution in [0.25, 0.3) is 0 Å². The first kappa shape index (κ1) is 16.4. The number of nitrogens with zero attached hydrogens (tertiary/aromatic N) is 1. The SMILES string of the molecule is CC1CC(C)C2[NH2+]C3C(CCN3CC3CCCCC3)C(N)C2C1. The molecule has 132 valence electrons. The number of quaternary nitrogens is 1. The number of fused-ring (bicyclic) bond motifs is 2. The fourth-order valence-electron chi connectivity index (χ4n) is 6.73. The number of piperidine rings is 1. The van der Waals surface area contributed by atoms with Gasteiger partial charge in [0.25, 0.3) is 0 Å². The molecule has 2 saturated heterocycles. The van der Waals surface area contributed by atoms with E-state index in [0.29, 0.717) is 12.2 Å². The van der Waals surface area contributed by atoms with Crippen LogP contribution < -0.4 is 11.1 Å². The molecule has 4 aliphatic rings. The molecule has 7 atom stereocenters. The summed E-state index contributed by atoms with van der Waals surface area (Å²) in [5.74, 6) is 4.20. The molecule has 0 spiro atoms. The number of nitrogens with two attached hydrogens (primary N) is 2. The summed E-state index contributed by atoms with van der Waals surface area (Å²) in [6.45, 7) is 7.58. The minimum Gasteiger partial charge on any atom is -0.328 e. The normalized spacial score (nSPS) is 48.9. The summed E-state index contributed by atoms with van der Waals surface area (Å²) in [6, 6.07) is 1.24. The molecule has 0 aromatic carbocycles. The van der Waals surface area contributed by atoms with E-state index in [0.717, 1.165) is 35.6 Å². The van der Waals surface area contributed by atoms with Crippen LogP contribution in [0, 0.1) is 29.6 Å². The third-order valence-corrected chi connectivity index (χ3v) is 7.84. The number of hydrogen-bond donors (Lipinski definition) is 2. The molecule has 3 heteroatoms. The molecule has 3 nitrogen and oxygen atoms in total. The van der Waals surface area contributed by atoms with Gasteiger partial charge in [0.1, 0.15) is 6.17 Å². The van der Waals surface area contributed by atoms with Crippen molar-refractivity contribution in [3.63, 3.8) is 0 Å². The van der Waals surface area contributed by atoms with Gasteiger partial charge < -0.3 is 11.1 Å². The predicted octanol–water partition coefficient (Wildman–Crippen LogP) is 2.17. The zero-order valence-electron chi connectivity index (χ0n) is 15.3. The molecule has 0 aromatic rings. The molecule has 23 heavy (non-hydrogen) atoms. The summed E-state index contributed by atoms with van der Waals surface area (Å²) < 4.78 is 0. The Bertz CT molecular complexity index is 406. The molecular weight excluding hydrogens is 282 g/mol. The van der Waals surface area contributed by atoms with Crippen molar-refractivity contribution in [2.24, 2.45) is 35.3 Å². The first-order valence-electron chi connectivity index (χ1n) is 10.5. The smallest absolute Gasteiger partial charge is 0.146 e. The highest BCUT2D eigenvalue weighted by atomic mass is 15.3. The summed E-state index contributed by atoms with van der Waals surface area (Å²) in [5.41, 5.74) is 6.85. The van der Waals surface area contributed by atoms with E-state index in [1.807, 2.05) is 0 Å². The lowest BCUT2D eigenvalue weighted by Gasteiger charge is -2.49. The molecule has 0 amide bonds. The lowest BCUT2D eigenvalue weighted by atomic mass is 9.65. The van der Waals surface area contributed by atoms with Crippen LogP contribution in [-0.2, 0) is 0 Å². The monoisotopic (exact) mass is 320 g/mol. The maximum absolute atomic E-state index is 6.85. The second kappa shape index (κ2) is 6.65. The fourth-order valence-corrected chi connectivity index (χ4v) is 6.73. The van der Waals surface area contributed by atoms with Crippen LogP contribution in [0.5, 0.6) is 0 Å². The Balaban J connectivity index is 1.45. The Morgan fingerprint density at radius 3 is 2.57 bits per heavy atom. The fraction of sp³-hybridized carbons (Fsp3) is 1.00. The van der Waals surface area contributed by atoms with E-state index in [2.05, 4.69) is 24.1 Å². The molecule has 2 saturated carbocycles. The van der Waals surface area contributed by atoms with Gasteiger partial charge in [0.15, 0.2) is 0 Å². The predicted molar refractivity (Wildman–Crippen MR) is 94.8 cm³/mol. The third-order valence-electron chi connectivity index (χ3n) is 7.84. The Labute approximate surface area is 142 Å². The van der Waals surface area contributed by atoms with E-state index in [1.165, 1.54) is 64.5 Å². The van der Waals surface area contributed by atoms with Gasteiger partial charge >= 0.3 is 0 Å². The second-order valence-electron chi connectivity index (χ2n) is 9.51. The molecule has 0 radical (unpaired) electrons. The highest BCUT2D eigenvalue weighted by molar-refractivity contribution is 4.99.